The molecule has 32 heavy (non-hydrogen) atoms. The van der Waals surface area contributed by atoms with Crippen molar-refractivity contribution < 1.29 is 4.79 Å². The van der Waals surface area contributed by atoms with Crippen molar-refractivity contribution >= 4 is 39.2 Å². The highest BCUT2D eigenvalue weighted by Crippen LogP contribution is 2.35. The van der Waals surface area contributed by atoms with Gasteiger partial charge in [-0.15, -0.1) is 11.3 Å². The molecule has 0 bridgehead atoms. The fourth-order valence-corrected chi connectivity index (χ4v) is 7.12. The van der Waals surface area contributed by atoms with Crippen LogP contribution in [-0.2, 0) is 17.6 Å². The monoisotopic (exact) mass is 467 g/mol. The number of carbonyl (C=O) groups excluding carboxylic acids is 1. The number of hydrogen-bond acceptors (Lipinski definition) is 5. The normalized spacial score (nSPS) is 16.4. The molecule has 1 aliphatic heterocycles. The fourth-order valence-electron chi connectivity index (χ4n) is 4.91. The molecule has 1 amide bonds. The maximum atomic E-state index is 13.9. The number of fused-ring (bicyclic) bond motifs is 3. The first-order valence-electron chi connectivity index (χ1n) is 11.6. The molecule has 3 heterocycles. The zero-order valence-corrected chi connectivity index (χ0v) is 20.4. The molecular weight excluding hydrogens is 438 g/mol. The van der Waals surface area contributed by atoms with Crippen molar-refractivity contribution in [1.82, 2.24) is 14.5 Å². The number of piperidine rings is 1. The standard InChI is InChI=1S/C25H29N3O2S2/c1-16-10-11-19(17(2)14-16)28-24(30)22-18-8-4-5-9-20(18)32-23(22)26-25(28)31-15-21(29)27-12-6-3-7-13-27/h10-11,14H,3-9,12-13,15H2,1-2H3. The number of carbonyl (C=O) groups is 1. The van der Waals surface area contributed by atoms with Gasteiger partial charge in [0.1, 0.15) is 4.83 Å². The lowest BCUT2D eigenvalue weighted by Crippen LogP contribution is -2.36. The minimum atomic E-state index is 0.00859. The summed E-state index contributed by atoms with van der Waals surface area (Å²) in [6.07, 6.45) is 7.65. The van der Waals surface area contributed by atoms with E-state index in [0.29, 0.717) is 10.9 Å². The Kier molecular flexibility index (Phi) is 6.12. The fraction of sp³-hybridized carbons (Fsp3) is 0.480. The van der Waals surface area contributed by atoms with Gasteiger partial charge in [-0.2, -0.15) is 0 Å². The second-order valence-electron chi connectivity index (χ2n) is 8.95. The minimum absolute atomic E-state index is 0.00859. The smallest absolute Gasteiger partial charge is 0.267 e. The van der Waals surface area contributed by atoms with Crippen LogP contribution in [0.1, 0.15) is 53.7 Å². The highest BCUT2D eigenvalue weighted by atomic mass is 32.2. The summed E-state index contributed by atoms with van der Waals surface area (Å²) in [5.74, 6) is 0.454. The van der Waals surface area contributed by atoms with E-state index in [1.807, 2.05) is 24.0 Å². The van der Waals surface area contributed by atoms with E-state index in [0.717, 1.165) is 72.2 Å². The van der Waals surface area contributed by atoms with Gasteiger partial charge in [-0.25, -0.2) is 4.98 Å². The van der Waals surface area contributed by atoms with Crippen LogP contribution in [0.5, 0.6) is 0 Å². The molecule has 168 valence electrons. The quantitative estimate of drug-likeness (QED) is 0.398. The molecule has 5 rings (SSSR count). The van der Waals surface area contributed by atoms with Crippen LogP contribution in [-0.4, -0.2) is 39.2 Å². The first kappa shape index (κ1) is 21.7. The number of aromatic nitrogens is 2. The molecule has 2 aliphatic rings. The van der Waals surface area contributed by atoms with Crippen molar-refractivity contribution in [2.24, 2.45) is 0 Å². The Morgan fingerprint density at radius 3 is 2.66 bits per heavy atom. The van der Waals surface area contributed by atoms with E-state index in [9.17, 15) is 9.59 Å². The zero-order valence-electron chi connectivity index (χ0n) is 18.8. The van der Waals surface area contributed by atoms with Crippen molar-refractivity contribution in [3.05, 3.63) is 50.1 Å². The second kappa shape index (κ2) is 9.02. The molecule has 0 atom stereocenters. The van der Waals surface area contributed by atoms with Gasteiger partial charge in [-0.05, 0) is 76.0 Å². The molecule has 1 aliphatic carbocycles. The van der Waals surface area contributed by atoms with E-state index in [4.69, 9.17) is 4.98 Å². The van der Waals surface area contributed by atoms with Crippen molar-refractivity contribution in [2.45, 2.75) is 63.9 Å². The number of thiophene rings is 1. The van der Waals surface area contributed by atoms with Gasteiger partial charge in [0.25, 0.3) is 5.56 Å². The summed E-state index contributed by atoms with van der Waals surface area (Å²) in [7, 11) is 0. The van der Waals surface area contributed by atoms with Crippen LogP contribution in [0.25, 0.3) is 15.9 Å². The zero-order chi connectivity index (χ0) is 22.2. The van der Waals surface area contributed by atoms with Crippen molar-refractivity contribution in [3.8, 4) is 5.69 Å². The summed E-state index contributed by atoms with van der Waals surface area (Å²) in [5.41, 5.74) is 4.28. The summed E-state index contributed by atoms with van der Waals surface area (Å²) >= 11 is 3.07. The number of rotatable bonds is 4. The van der Waals surface area contributed by atoms with Crippen LogP contribution >= 0.6 is 23.1 Å². The van der Waals surface area contributed by atoms with Crippen LogP contribution in [0.3, 0.4) is 0 Å². The third-order valence-corrected chi connectivity index (χ3v) is 8.69. The number of thioether (sulfide) groups is 1. The molecule has 1 aromatic carbocycles. The molecule has 7 heteroatoms. The van der Waals surface area contributed by atoms with Crippen LogP contribution in [0.15, 0.2) is 28.2 Å². The average Bonchev–Trinajstić information content (AvgIpc) is 3.17. The van der Waals surface area contributed by atoms with Gasteiger partial charge in [0.2, 0.25) is 5.91 Å². The van der Waals surface area contributed by atoms with Gasteiger partial charge >= 0.3 is 0 Å². The van der Waals surface area contributed by atoms with Crippen molar-refractivity contribution in [1.29, 1.82) is 0 Å². The molecule has 3 aromatic rings. The summed E-state index contributed by atoms with van der Waals surface area (Å²) in [6, 6.07) is 6.15. The van der Waals surface area contributed by atoms with Crippen LogP contribution < -0.4 is 5.56 Å². The van der Waals surface area contributed by atoms with E-state index in [-0.39, 0.29) is 11.5 Å². The van der Waals surface area contributed by atoms with E-state index in [2.05, 4.69) is 13.0 Å². The van der Waals surface area contributed by atoms with E-state index in [1.165, 1.54) is 35.0 Å². The molecule has 2 aromatic heterocycles. The van der Waals surface area contributed by atoms with E-state index >= 15 is 0 Å². The Bertz CT molecular complexity index is 1240. The predicted octanol–water partition coefficient (Wildman–Crippen LogP) is 5.05. The molecule has 1 fully saturated rings. The van der Waals surface area contributed by atoms with E-state index < -0.39 is 0 Å². The summed E-state index contributed by atoms with van der Waals surface area (Å²) < 4.78 is 1.76. The summed E-state index contributed by atoms with van der Waals surface area (Å²) in [6.45, 7) is 5.78. The lowest BCUT2D eigenvalue weighted by atomic mass is 9.97. The van der Waals surface area contributed by atoms with Gasteiger partial charge in [0, 0.05) is 18.0 Å². The number of nitrogens with zero attached hydrogens (tertiary/aromatic N) is 3. The lowest BCUT2D eigenvalue weighted by molar-refractivity contribution is -0.129. The number of benzene rings is 1. The number of hydrogen-bond donors (Lipinski definition) is 0. The molecular formula is C25H29N3O2S2. The van der Waals surface area contributed by atoms with Crippen LogP contribution in [0, 0.1) is 13.8 Å². The maximum absolute atomic E-state index is 13.9. The average molecular weight is 468 g/mol. The third-order valence-electron chi connectivity index (χ3n) is 6.58. The molecule has 1 saturated heterocycles. The number of amides is 1. The Morgan fingerprint density at radius 2 is 1.88 bits per heavy atom. The molecule has 0 N–H and O–H groups in total. The van der Waals surface area contributed by atoms with Crippen molar-refractivity contribution in [2.75, 3.05) is 18.8 Å². The first-order chi connectivity index (χ1) is 15.5. The first-order valence-corrected chi connectivity index (χ1v) is 13.4. The van der Waals surface area contributed by atoms with Crippen LogP contribution in [0.4, 0.5) is 0 Å². The highest BCUT2D eigenvalue weighted by molar-refractivity contribution is 7.99. The van der Waals surface area contributed by atoms with Gasteiger partial charge in [0.05, 0.1) is 16.8 Å². The lowest BCUT2D eigenvalue weighted by Gasteiger charge is -2.26. The Hall–Kier alpha value is -2.12. The molecule has 5 nitrogen and oxygen atoms in total. The second-order valence-corrected chi connectivity index (χ2v) is 11.0. The van der Waals surface area contributed by atoms with Gasteiger partial charge in [-0.1, -0.05) is 29.5 Å². The molecule has 0 radical (unpaired) electrons. The largest absolute Gasteiger partial charge is 0.342 e. The number of likely N-dealkylation sites (tertiary alicyclic amines) is 1. The Balaban J connectivity index is 1.60. The molecule has 0 saturated carbocycles. The van der Waals surface area contributed by atoms with Crippen LogP contribution in [0.2, 0.25) is 0 Å². The summed E-state index contributed by atoms with van der Waals surface area (Å²) in [5, 5.41) is 1.41. The third kappa shape index (κ3) is 4.01. The van der Waals surface area contributed by atoms with Crippen molar-refractivity contribution in [3.63, 3.8) is 0 Å². The summed E-state index contributed by atoms with van der Waals surface area (Å²) in [4.78, 5) is 35.8. The Labute approximate surface area is 196 Å². The predicted molar refractivity (Wildman–Crippen MR) is 132 cm³/mol. The van der Waals surface area contributed by atoms with Gasteiger partial charge in [0.15, 0.2) is 5.16 Å². The topological polar surface area (TPSA) is 55.2 Å². The maximum Gasteiger partial charge on any atom is 0.267 e. The molecule has 0 spiro atoms. The Morgan fingerprint density at radius 1 is 1.09 bits per heavy atom. The molecule has 0 unspecified atom stereocenters. The SMILES string of the molecule is Cc1ccc(-n2c(SCC(=O)N3CCCCC3)nc3sc4c(c3c2=O)CCCC4)c(C)c1. The number of aryl methyl sites for hydroxylation is 4. The van der Waals surface area contributed by atoms with Gasteiger partial charge < -0.3 is 4.90 Å². The van der Waals surface area contributed by atoms with Gasteiger partial charge in [-0.3, -0.25) is 14.2 Å². The minimum Gasteiger partial charge on any atom is -0.342 e. The van der Waals surface area contributed by atoms with E-state index in [1.54, 1.807) is 15.9 Å². The highest BCUT2D eigenvalue weighted by Gasteiger charge is 2.24.